The van der Waals surface area contributed by atoms with Crippen molar-refractivity contribution >= 4 is 122 Å². The summed E-state index contributed by atoms with van der Waals surface area (Å²) in [5.41, 5.74) is 15.8. The normalized spacial score (nSPS) is 12.1. The van der Waals surface area contributed by atoms with Crippen molar-refractivity contribution in [2.45, 2.75) is 47.5 Å². The monoisotopic (exact) mass is 1830 g/mol. The van der Waals surface area contributed by atoms with Crippen molar-refractivity contribution < 1.29 is 67.9 Å². The molecule has 8 heterocycles. The van der Waals surface area contributed by atoms with Gasteiger partial charge in [-0.1, -0.05) is 129 Å². The van der Waals surface area contributed by atoms with Gasteiger partial charge in [0.2, 0.25) is 17.1 Å². The molecular weight excluding hydrogens is 1730 g/mol. The number of nitro groups is 3. The Labute approximate surface area is 749 Å². The summed E-state index contributed by atoms with van der Waals surface area (Å²) in [5, 5.41) is 75.0. The summed E-state index contributed by atoms with van der Waals surface area (Å²) in [6, 6.07) is 52.3. The molecule has 125 heavy (non-hydrogen) atoms. The highest BCUT2D eigenvalue weighted by atomic mass is 35.5. The third-order valence-electron chi connectivity index (χ3n) is 17.2. The zero-order valence-corrected chi connectivity index (χ0v) is 73.2. The number of carbonyl (C=O) groups excluding carboxylic acids is 5. The highest BCUT2D eigenvalue weighted by molar-refractivity contribution is 6.93. The molecule has 5 aromatic heterocycles. The van der Waals surface area contributed by atoms with Gasteiger partial charge in [0.15, 0.2) is 11.6 Å². The molecule has 0 unspecified atom stereocenters. The van der Waals surface area contributed by atoms with Gasteiger partial charge >= 0.3 is 4.70 Å². The number of aromatic hydroxyl groups is 2. The van der Waals surface area contributed by atoms with Crippen molar-refractivity contribution in [2.24, 2.45) is 26.9 Å². The maximum Gasteiger partial charge on any atom is 0.313 e. The molecule has 32 nitrogen and oxygen atoms in total. The fourth-order valence-corrected chi connectivity index (χ4v) is 10.9. The Bertz CT molecular complexity index is 4820. The number of benzene rings is 6. The lowest BCUT2D eigenvalue weighted by atomic mass is 10.0. The summed E-state index contributed by atoms with van der Waals surface area (Å²) in [5.74, 6) is -0.851. The number of anilines is 3. The first-order valence-corrected chi connectivity index (χ1v) is 39.7. The Kier molecular flexibility index (Phi) is 55.9. The van der Waals surface area contributed by atoms with Crippen molar-refractivity contribution in [1.82, 2.24) is 49.6 Å². The van der Waals surface area contributed by atoms with Crippen LogP contribution in [-0.4, -0.2) is 197 Å². The van der Waals surface area contributed by atoms with Crippen molar-refractivity contribution in [1.29, 1.82) is 0 Å². The molecule has 15 rings (SSSR count). The first-order valence-electron chi connectivity index (χ1n) is 37.8. The van der Waals surface area contributed by atoms with Gasteiger partial charge in [0.1, 0.15) is 25.0 Å². The number of halogens is 7. The summed E-state index contributed by atoms with van der Waals surface area (Å²) < 4.78 is 29.2. The van der Waals surface area contributed by atoms with E-state index in [4.69, 9.17) is 65.1 Å². The van der Waals surface area contributed by atoms with Gasteiger partial charge in [-0.15, -0.1) is 0 Å². The molecule has 0 spiro atoms. The second-order valence-corrected chi connectivity index (χ2v) is 27.6. The fourth-order valence-electron chi connectivity index (χ4n) is 10.6. The van der Waals surface area contributed by atoms with E-state index in [9.17, 15) is 58.9 Å². The number of non-ortho nitro benzene ring substituents is 3. The molecule has 39 heteroatoms. The zero-order valence-electron chi connectivity index (χ0n) is 69.4. The Morgan fingerprint density at radius 2 is 0.872 bits per heavy atom. The molecule has 4 aliphatic rings. The van der Waals surface area contributed by atoms with Gasteiger partial charge in [0.25, 0.3) is 28.1 Å². The van der Waals surface area contributed by atoms with E-state index in [-0.39, 0.29) is 52.9 Å². The number of aliphatic hydroxyl groups is 2. The first kappa shape index (κ1) is 111. The molecule has 3 aliphatic heterocycles. The third-order valence-corrected chi connectivity index (χ3v) is 17.8. The van der Waals surface area contributed by atoms with Crippen molar-refractivity contribution in [3.05, 3.63) is 282 Å². The van der Waals surface area contributed by atoms with Gasteiger partial charge in [-0.2, -0.15) is 0 Å². The van der Waals surface area contributed by atoms with Crippen LogP contribution in [0.2, 0.25) is 10.3 Å². The van der Waals surface area contributed by atoms with Crippen LogP contribution < -0.4 is 36.4 Å². The second kappa shape index (κ2) is 62.9. The van der Waals surface area contributed by atoms with Crippen molar-refractivity contribution in [3.8, 4) is 45.0 Å². The molecule has 6 aromatic carbocycles. The fraction of sp³-hybridized carbons (Fsp3) is 0.291. The number of piperazine rings is 3. The van der Waals surface area contributed by atoms with Gasteiger partial charge < -0.3 is 80.1 Å². The standard InChI is InChI=1S/C14H12ClNO2.C14H14FN5O2.C12H13NO2.C12H13N.C10H13N3O2.C6H4ClNO2.C4H2ClFN2.C4H10N2.C3H6.C2H7NO.CCl2O.CH4O.2CH2O.CH4/c1-9-8-11(10-6-4-3-5-7-10)12(16(9)2)13(17)14(15)18;15-11-9-16-14(17-10-11)19-7-5-18(6-8-19)12-1-3-13(4-2-12)20(21)22;1-8-11(14)10(12(15)13(8)2)9-6-4-3-5-7-9;1-10-8-12(9-13(10)2)11-6-4-3-5-7-11;14-13(15)10-3-1-9(2-4-10)12-7-5-11-6-8-12;7-5-1-3-6(4-2-5)8(9)10;5-4-7-1-3(6)2-8-4;1-2-6-4-3-5-1;1-2-3-1;3-1-2-4;2-1(3)4;3*1-2;/h3-8H,1-2H3;1-4,9-10H,5-8H2;3-7,14-15H,1-2H3;3-9H,1-2H3;1-4,11H,5-8H2;1-4H;1-2H;5-6H,1-4H2;1-3H2;4H,1-3H2;;2H,1H3;2*1H2;1H4. The molecule has 0 bridgehead atoms. The number of Topliss-reactive ketones (excluding diaryl/α,β-unsaturated/α-hetero) is 1. The van der Waals surface area contributed by atoms with Crippen LogP contribution in [0, 0.1) is 62.7 Å². The number of carbonyl (C=O) groups is 5. The molecule has 1 aliphatic carbocycles. The molecule has 9 N–H and O–H groups in total. The Hall–Kier alpha value is -12.1. The zero-order chi connectivity index (χ0) is 92.6. The topological polar surface area (TPSA) is 434 Å². The van der Waals surface area contributed by atoms with Gasteiger partial charge in [-0.3, -0.25) is 44.7 Å². The SMILES string of the molecule is C.C1CC1.C1CNCCN1.C=O.C=O.CO.Cc1c(O)c(-c2ccccc2)c(O)n1C.Cc1cc(-c2ccccc2)c(C(=O)C(=O)Cl)n1C.Cc1cc(-c2ccccc2)cn1C.Fc1cnc(Cl)nc1.NCCO.O=C(Cl)Cl.O=[N+]([O-])c1ccc(Cl)cc1.O=[N+]([O-])c1ccc(N2CCN(c3ncc(F)cn3)CC2)cc1.O=[N+]([O-])c1ccc(N2CCNCC2)cc1. The van der Waals surface area contributed by atoms with Crippen LogP contribution >= 0.6 is 58.0 Å². The summed E-state index contributed by atoms with van der Waals surface area (Å²) >= 11 is 24.8. The third kappa shape index (κ3) is 41.8. The van der Waals surface area contributed by atoms with Crippen molar-refractivity contribution in [3.63, 3.8) is 0 Å². The maximum absolute atomic E-state index is 12.8. The van der Waals surface area contributed by atoms with Gasteiger partial charge in [-0.25, -0.2) is 28.7 Å². The summed E-state index contributed by atoms with van der Waals surface area (Å²) in [7, 11) is 6.54. The van der Waals surface area contributed by atoms with E-state index in [1.165, 1.54) is 72.5 Å². The van der Waals surface area contributed by atoms with Gasteiger partial charge in [0.05, 0.1) is 57.4 Å². The number of nitrogens with one attached hydrogen (secondary N) is 3. The van der Waals surface area contributed by atoms with Crippen LogP contribution in [-0.2, 0) is 35.5 Å². The smallest absolute Gasteiger partial charge is 0.313 e. The van der Waals surface area contributed by atoms with E-state index in [2.05, 4.69) is 124 Å². The Morgan fingerprint density at radius 3 is 1.21 bits per heavy atom. The Balaban J connectivity index is 0.000000707. The van der Waals surface area contributed by atoms with Gasteiger partial charge in [-0.05, 0) is 138 Å². The lowest BCUT2D eigenvalue weighted by Gasteiger charge is -2.36. The number of hydrogen-bond acceptors (Lipinski definition) is 26. The number of hydrogen-bond donors (Lipinski definition) is 8. The number of ketones is 1. The molecular formula is C86H106Cl5F2N17O15. The highest BCUT2D eigenvalue weighted by Crippen LogP contribution is 2.41. The predicted molar refractivity (Wildman–Crippen MR) is 490 cm³/mol. The summed E-state index contributed by atoms with van der Waals surface area (Å²) in [6.45, 7) is 21.6. The minimum absolute atomic E-state index is 0. The number of aromatic nitrogens is 7. The lowest BCUT2D eigenvalue weighted by molar-refractivity contribution is -0.385. The van der Waals surface area contributed by atoms with Crippen LogP contribution in [0.4, 0.5) is 48.0 Å². The van der Waals surface area contributed by atoms with E-state index in [1.807, 2.05) is 110 Å². The van der Waals surface area contributed by atoms with Crippen molar-refractivity contribution in [2.75, 3.05) is 113 Å². The second-order valence-electron chi connectivity index (χ2n) is 25.6. The van der Waals surface area contributed by atoms with Crippen LogP contribution in [0.15, 0.2) is 207 Å². The molecule has 674 valence electrons. The van der Waals surface area contributed by atoms with Crippen LogP contribution in [0.1, 0.15) is 54.3 Å². The van der Waals surface area contributed by atoms with Crippen LogP contribution in [0.25, 0.3) is 33.4 Å². The lowest BCUT2D eigenvalue weighted by Crippen LogP contribution is -2.47. The van der Waals surface area contributed by atoms with E-state index >= 15 is 0 Å². The first-order chi connectivity index (χ1) is 59.5. The summed E-state index contributed by atoms with van der Waals surface area (Å²) in [4.78, 5) is 98.9. The summed E-state index contributed by atoms with van der Waals surface area (Å²) in [6.07, 6.45) is 11.0. The van der Waals surface area contributed by atoms with E-state index in [1.54, 1.807) is 54.4 Å². The number of aryl methyl sites for hydroxylation is 3. The number of nitro benzene ring substituents is 3. The minimum Gasteiger partial charge on any atom is -0.505 e. The van der Waals surface area contributed by atoms with Crippen LogP contribution in [0.3, 0.4) is 0 Å². The number of aliphatic hydroxyl groups excluding tert-OH is 2. The van der Waals surface area contributed by atoms with E-state index < -0.39 is 37.2 Å². The molecule has 1 saturated carbocycles. The maximum atomic E-state index is 12.8. The molecule has 4 fully saturated rings. The highest BCUT2D eigenvalue weighted by Gasteiger charge is 2.25. The molecule has 0 radical (unpaired) electrons. The molecule has 11 aromatic rings. The number of rotatable bonds is 12. The van der Waals surface area contributed by atoms with E-state index in [0.29, 0.717) is 47.6 Å². The van der Waals surface area contributed by atoms with E-state index in [0.717, 1.165) is 131 Å². The molecule has 3 saturated heterocycles. The number of nitrogens with two attached hydrogens (primary N) is 1. The minimum atomic E-state index is -0.964. The number of nitrogens with zero attached hydrogens (tertiary/aromatic N) is 13. The predicted octanol–water partition coefficient (Wildman–Crippen LogP) is 15.5. The Morgan fingerprint density at radius 1 is 0.512 bits per heavy atom. The molecule has 0 amide bonds. The van der Waals surface area contributed by atoms with Gasteiger partial charge in [0, 0.05) is 189 Å². The quantitative estimate of drug-likeness (QED) is 0.0141. The molecule has 0 atom stereocenters. The largest absolute Gasteiger partial charge is 0.505 e. The average Bonchev–Trinajstić information content (AvgIpc) is 1.66. The van der Waals surface area contributed by atoms with Crippen LogP contribution in [0.5, 0.6) is 11.6 Å². The average molecular weight is 1830 g/mol.